The van der Waals surface area contributed by atoms with Gasteiger partial charge in [0, 0.05) is 38.9 Å². The van der Waals surface area contributed by atoms with E-state index in [0.717, 1.165) is 35.0 Å². The number of carbonyl (C=O) groups is 1. The molecule has 2 aromatic carbocycles. The van der Waals surface area contributed by atoms with Gasteiger partial charge in [0.1, 0.15) is 12.4 Å². The molecule has 0 atom stereocenters. The number of carbonyl (C=O) groups excluding carboxylic acids is 1. The lowest BCUT2D eigenvalue weighted by Crippen LogP contribution is -2.37. The van der Waals surface area contributed by atoms with Crippen LogP contribution in [0.3, 0.4) is 0 Å². The predicted molar refractivity (Wildman–Crippen MR) is 142 cm³/mol. The number of ether oxygens (including phenoxy) is 1. The van der Waals surface area contributed by atoms with Crippen molar-refractivity contribution in [1.29, 1.82) is 0 Å². The highest BCUT2D eigenvalue weighted by atomic mass is 127. The molecule has 1 amide bonds. The predicted octanol–water partition coefficient (Wildman–Crippen LogP) is 3.55. The Kier molecular flexibility index (Phi) is 11.2. The third kappa shape index (κ3) is 8.72. The number of rotatable bonds is 9. The molecule has 0 fully saturated rings. The van der Waals surface area contributed by atoms with Crippen LogP contribution in [0.4, 0.5) is 0 Å². The van der Waals surface area contributed by atoms with Crippen molar-refractivity contribution in [3.63, 3.8) is 0 Å². The van der Waals surface area contributed by atoms with Crippen molar-refractivity contribution in [2.45, 2.75) is 19.6 Å². The van der Waals surface area contributed by atoms with Crippen LogP contribution in [0.5, 0.6) is 5.75 Å². The van der Waals surface area contributed by atoms with Crippen LogP contribution in [0.2, 0.25) is 0 Å². The van der Waals surface area contributed by atoms with Gasteiger partial charge in [-0.15, -0.1) is 24.0 Å². The molecule has 33 heavy (non-hydrogen) atoms. The summed E-state index contributed by atoms with van der Waals surface area (Å²) in [4.78, 5) is 20.3. The van der Waals surface area contributed by atoms with Gasteiger partial charge in [-0.1, -0.05) is 30.3 Å². The zero-order chi connectivity index (χ0) is 22.6. The lowest BCUT2D eigenvalue weighted by Gasteiger charge is -2.13. The van der Waals surface area contributed by atoms with Crippen LogP contribution >= 0.6 is 24.0 Å². The first kappa shape index (κ1) is 26.1. The number of pyridine rings is 1. The Balaban J connectivity index is 0.00000385. The number of guanidine groups is 1. The molecular formula is C25H30IN5O2. The average molecular weight is 559 g/mol. The zero-order valence-corrected chi connectivity index (χ0v) is 21.2. The van der Waals surface area contributed by atoms with Gasteiger partial charge in [0.15, 0.2) is 5.96 Å². The summed E-state index contributed by atoms with van der Waals surface area (Å²) in [6, 6.07) is 21.4. The molecule has 3 N–H and O–H groups in total. The molecule has 1 heterocycles. The van der Waals surface area contributed by atoms with Gasteiger partial charge in [-0.05, 0) is 53.9 Å². The van der Waals surface area contributed by atoms with Crippen LogP contribution in [0.1, 0.15) is 27.2 Å². The molecule has 1 aromatic heterocycles. The first-order chi connectivity index (χ1) is 15.7. The van der Waals surface area contributed by atoms with E-state index >= 15 is 0 Å². The van der Waals surface area contributed by atoms with E-state index in [1.54, 1.807) is 20.3 Å². The quantitative estimate of drug-likeness (QED) is 0.212. The molecule has 7 nitrogen and oxygen atoms in total. The molecule has 0 saturated heterocycles. The van der Waals surface area contributed by atoms with Gasteiger partial charge in [0.05, 0.1) is 5.69 Å². The number of aromatic nitrogens is 1. The summed E-state index contributed by atoms with van der Waals surface area (Å²) in [5.74, 6) is 1.45. The van der Waals surface area contributed by atoms with E-state index in [0.29, 0.717) is 25.3 Å². The number of amides is 1. The van der Waals surface area contributed by atoms with E-state index in [-0.39, 0.29) is 29.9 Å². The Labute approximate surface area is 212 Å². The maximum absolute atomic E-state index is 11.8. The summed E-state index contributed by atoms with van der Waals surface area (Å²) in [5, 5.41) is 9.27. The number of nitrogens with one attached hydrogen (secondary N) is 3. The minimum absolute atomic E-state index is 0. The first-order valence-corrected chi connectivity index (χ1v) is 10.5. The van der Waals surface area contributed by atoms with E-state index < -0.39 is 0 Å². The Morgan fingerprint density at radius 2 is 1.82 bits per heavy atom. The van der Waals surface area contributed by atoms with Gasteiger partial charge in [0.25, 0.3) is 5.91 Å². The summed E-state index contributed by atoms with van der Waals surface area (Å²) >= 11 is 0. The molecule has 3 rings (SSSR count). The van der Waals surface area contributed by atoms with Crippen LogP contribution in [-0.4, -0.2) is 37.5 Å². The summed E-state index contributed by atoms with van der Waals surface area (Å²) in [5.41, 5.74) is 3.78. The van der Waals surface area contributed by atoms with E-state index in [9.17, 15) is 4.79 Å². The molecule has 0 aliphatic heterocycles. The SMILES string of the molecule is CN=C(NCCc1cccc(C(=O)NC)c1)NCc1ccc(OCc2ccccn2)cc1.I. The number of nitrogens with zero attached hydrogens (tertiary/aromatic N) is 2. The Morgan fingerprint density at radius 1 is 1.00 bits per heavy atom. The lowest BCUT2D eigenvalue weighted by molar-refractivity contribution is 0.0963. The third-order valence-electron chi connectivity index (χ3n) is 4.84. The van der Waals surface area contributed by atoms with E-state index in [1.807, 2.05) is 66.7 Å². The largest absolute Gasteiger partial charge is 0.487 e. The molecule has 8 heteroatoms. The second kappa shape index (κ2) is 14.1. The van der Waals surface area contributed by atoms with Crippen molar-refractivity contribution >= 4 is 35.8 Å². The fourth-order valence-corrected chi connectivity index (χ4v) is 3.09. The minimum Gasteiger partial charge on any atom is -0.487 e. The fraction of sp³-hybridized carbons (Fsp3) is 0.240. The van der Waals surface area contributed by atoms with Gasteiger partial charge < -0.3 is 20.7 Å². The van der Waals surface area contributed by atoms with Gasteiger partial charge in [-0.25, -0.2) is 0 Å². The zero-order valence-electron chi connectivity index (χ0n) is 18.9. The second-order valence-corrected chi connectivity index (χ2v) is 7.14. The maximum Gasteiger partial charge on any atom is 0.251 e. The molecule has 0 aliphatic carbocycles. The molecule has 3 aromatic rings. The summed E-state index contributed by atoms with van der Waals surface area (Å²) in [6.45, 7) is 1.80. The number of aliphatic imine (C=N–C) groups is 1. The smallest absolute Gasteiger partial charge is 0.251 e. The maximum atomic E-state index is 11.8. The Bertz CT molecular complexity index is 1030. The van der Waals surface area contributed by atoms with Crippen LogP contribution in [-0.2, 0) is 19.6 Å². The highest BCUT2D eigenvalue weighted by Crippen LogP contribution is 2.13. The second-order valence-electron chi connectivity index (χ2n) is 7.14. The van der Waals surface area contributed by atoms with Crippen LogP contribution in [0.15, 0.2) is 77.9 Å². The molecular weight excluding hydrogens is 529 g/mol. The van der Waals surface area contributed by atoms with Crippen LogP contribution in [0, 0.1) is 0 Å². The molecule has 0 bridgehead atoms. The van der Waals surface area contributed by atoms with Crippen molar-refractivity contribution in [2.75, 3.05) is 20.6 Å². The number of benzene rings is 2. The van der Waals surface area contributed by atoms with Gasteiger partial charge in [-0.3, -0.25) is 14.8 Å². The minimum atomic E-state index is -0.0783. The first-order valence-electron chi connectivity index (χ1n) is 10.5. The van der Waals surface area contributed by atoms with E-state index in [4.69, 9.17) is 4.74 Å². The van der Waals surface area contributed by atoms with Crippen molar-refractivity contribution in [2.24, 2.45) is 4.99 Å². The van der Waals surface area contributed by atoms with Crippen LogP contribution in [0.25, 0.3) is 0 Å². The lowest BCUT2D eigenvalue weighted by atomic mass is 10.1. The standard InChI is InChI=1S/C25H29N5O2.HI/c1-26-24(31)21-7-5-6-19(16-21)13-15-29-25(27-2)30-17-20-9-11-23(12-10-20)32-18-22-8-3-4-14-28-22;/h3-12,14,16H,13,15,17-18H2,1-2H3,(H,26,31)(H2,27,29,30);1H. The monoisotopic (exact) mass is 559 g/mol. The summed E-state index contributed by atoms with van der Waals surface area (Å²) < 4.78 is 5.78. The van der Waals surface area contributed by atoms with Crippen molar-refractivity contribution < 1.29 is 9.53 Å². The van der Waals surface area contributed by atoms with Gasteiger partial charge in [-0.2, -0.15) is 0 Å². The number of hydrogen-bond donors (Lipinski definition) is 3. The number of halogens is 1. The normalized spacial score (nSPS) is 10.7. The van der Waals surface area contributed by atoms with E-state index in [2.05, 4.69) is 25.9 Å². The molecule has 174 valence electrons. The van der Waals surface area contributed by atoms with E-state index in [1.165, 1.54) is 0 Å². The summed E-state index contributed by atoms with van der Waals surface area (Å²) in [7, 11) is 3.38. The van der Waals surface area contributed by atoms with Gasteiger partial charge in [0.2, 0.25) is 0 Å². The topological polar surface area (TPSA) is 87.6 Å². The molecule has 0 aliphatic rings. The van der Waals surface area contributed by atoms with Gasteiger partial charge >= 0.3 is 0 Å². The Morgan fingerprint density at radius 3 is 2.52 bits per heavy atom. The highest BCUT2D eigenvalue weighted by molar-refractivity contribution is 14.0. The van der Waals surface area contributed by atoms with Crippen molar-refractivity contribution in [3.8, 4) is 5.75 Å². The third-order valence-corrected chi connectivity index (χ3v) is 4.84. The summed E-state index contributed by atoms with van der Waals surface area (Å²) in [6.07, 6.45) is 2.55. The van der Waals surface area contributed by atoms with Crippen molar-refractivity contribution in [3.05, 3.63) is 95.3 Å². The fourth-order valence-electron chi connectivity index (χ4n) is 3.09. The average Bonchev–Trinajstić information content (AvgIpc) is 2.85. The van der Waals surface area contributed by atoms with Crippen molar-refractivity contribution in [1.82, 2.24) is 20.9 Å². The molecule has 0 unspecified atom stereocenters. The Hall–Kier alpha value is -3.14. The molecule has 0 spiro atoms. The molecule has 0 radical (unpaired) electrons. The highest BCUT2D eigenvalue weighted by Gasteiger charge is 2.04. The molecule has 0 saturated carbocycles. The number of hydrogen-bond acceptors (Lipinski definition) is 4. The van der Waals surface area contributed by atoms with Crippen LogP contribution < -0.4 is 20.7 Å².